The Bertz CT molecular complexity index is 1370. The van der Waals surface area contributed by atoms with Gasteiger partial charge in [-0.3, -0.25) is 18.6 Å². The van der Waals surface area contributed by atoms with E-state index in [1.807, 2.05) is 26.8 Å². The number of nitrogens with one attached hydrogen (secondary N) is 1. The normalized spacial score (nSPS) is 12.0. The fourth-order valence-electron chi connectivity index (χ4n) is 3.44. The first-order chi connectivity index (χ1) is 15.3. The van der Waals surface area contributed by atoms with Crippen molar-refractivity contribution < 1.29 is 13.2 Å². The van der Waals surface area contributed by atoms with Gasteiger partial charge in [-0.25, -0.2) is 13.1 Å². The summed E-state index contributed by atoms with van der Waals surface area (Å²) >= 11 is 6.18. The second-order valence-electron chi connectivity index (χ2n) is 8.73. The summed E-state index contributed by atoms with van der Waals surface area (Å²) in [7, 11) is -1.17. The van der Waals surface area contributed by atoms with Crippen LogP contribution in [-0.4, -0.2) is 36.3 Å². The lowest BCUT2D eigenvalue weighted by Crippen LogP contribution is -2.40. The van der Waals surface area contributed by atoms with Gasteiger partial charge in [0.15, 0.2) is 0 Å². The molecule has 0 radical (unpaired) electrons. The number of halogens is 1. The average Bonchev–Trinajstić information content (AvgIpc) is 2.95. The molecule has 176 valence electrons. The van der Waals surface area contributed by atoms with Crippen LogP contribution in [0.15, 0.2) is 58.2 Å². The summed E-state index contributed by atoms with van der Waals surface area (Å²) < 4.78 is 30.9. The van der Waals surface area contributed by atoms with Crippen LogP contribution in [0, 0.1) is 6.92 Å². The number of para-hydroxylation sites is 1. The standard InChI is InChI=1S/C23H27ClN4O4S/c1-15-20(22(30)28(26(15)5)16-10-8-7-9-11-16)27(6)33(31,32)17-12-13-19(24)18(14-17)21(29)25-23(2,3)4/h7-14H,1-6H3,(H,25,29). The van der Waals surface area contributed by atoms with Crippen LogP contribution in [0.5, 0.6) is 0 Å². The SMILES string of the molecule is Cc1c(N(C)S(=O)(=O)c2ccc(Cl)c(C(=O)NC(C)(C)C)c2)c(=O)n(-c2ccccc2)n1C. The molecule has 1 heterocycles. The maximum absolute atomic E-state index is 13.5. The highest BCUT2D eigenvalue weighted by Gasteiger charge is 2.30. The van der Waals surface area contributed by atoms with Gasteiger partial charge in [-0.15, -0.1) is 0 Å². The minimum absolute atomic E-state index is 0.0111. The maximum Gasteiger partial charge on any atom is 0.296 e. The lowest BCUT2D eigenvalue weighted by molar-refractivity contribution is 0.0919. The summed E-state index contributed by atoms with van der Waals surface area (Å²) in [4.78, 5) is 25.8. The molecule has 8 nitrogen and oxygen atoms in total. The number of amides is 1. The first-order valence-corrected chi connectivity index (χ1v) is 12.0. The number of anilines is 1. The highest BCUT2D eigenvalue weighted by atomic mass is 35.5. The van der Waals surface area contributed by atoms with Crippen LogP contribution in [-0.2, 0) is 17.1 Å². The quantitative estimate of drug-likeness (QED) is 0.592. The Balaban J connectivity index is 2.09. The lowest BCUT2D eigenvalue weighted by atomic mass is 10.1. The molecule has 3 rings (SSSR count). The second kappa shape index (κ2) is 8.72. The van der Waals surface area contributed by atoms with Crippen LogP contribution in [0.1, 0.15) is 36.8 Å². The molecule has 0 fully saturated rings. The van der Waals surface area contributed by atoms with Gasteiger partial charge in [0.1, 0.15) is 5.69 Å². The minimum Gasteiger partial charge on any atom is -0.347 e. The smallest absolute Gasteiger partial charge is 0.296 e. The molecule has 0 aliphatic rings. The van der Waals surface area contributed by atoms with Gasteiger partial charge in [-0.05, 0) is 58.0 Å². The maximum atomic E-state index is 13.5. The number of carbonyl (C=O) groups is 1. The van der Waals surface area contributed by atoms with Crippen LogP contribution in [0.3, 0.4) is 0 Å². The molecular weight excluding hydrogens is 464 g/mol. The molecule has 10 heteroatoms. The van der Waals surface area contributed by atoms with Crippen molar-refractivity contribution in [3.05, 3.63) is 75.2 Å². The summed E-state index contributed by atoms with van der Waals surface area (Å²) in [5, 5.41) is 2.90. The molecule has 0 spiro atoms. The van der Waals surface area contributed by atoms with E-state index in [0.717, 1.165) is 4.31 Å². The zero-order chi connectivity index (χ0) is 24.7. The summed E-state index contributed by atoms with van der Waals surface area (Å²) in [6.07, 6.45) is 0. The number of aromatic nitrogens is 2. The van der Waals surface area contributed by atoms with Gasteiger partial charge < -0.3 is 5.32 Å². The molecule has 0 aliphatic carbocycles. The Hall–Kier alpha value is -3.04. The molecule has 1 amide bonds. The predicted octanol–water partition coefficient (Wildman–Crippen LogP) is 3.49. The van der Waals surface area contributed by atoms with E-state index in [0.29, 0.717) is 11.4 Å². The van der Waals surface area contributed by atoms with Crippen molar-refractivity contribution in [2.45, 2.75) is 38.1 Å². The number of rotatable bonds is 5. The van der Waals surface area contributed by atoms with Gasteiger partial charge in [-0.1, -0.05) is 29.8 Å². The molecule has 0 unspecified atom stereocenters. The molecule has 0 bridgehead atoms. The molecule has 0 saturated heterocycles. The molecule has 1 aromatic heterocycles. The van der Waals surface area contributed by atoms with Gasteiger partial charge in [0.2, 0.25) is 0 Å². The third kappa shape index (κ3) is 4.69. The van der Waals surface area contributed by atoms with E-state index in [9.17, 15) is 18.0 Å². The van der Waals surface area contributed by atoms with Gasteiger partial charge in [0.25, 0.3) is 21.5 Å². The number of benzene rings is 2. The Labute approximate surface area is 198 Å². The lowest BCUT2D eigenvalue weighted by Gasteiger charge is -2.22. The van der Waals surface area contributed by atoms with Crippen LogP contribution in [0.4, 0.5) is 5.69 Å². The van der Waals surface area contributed by atoms with E-state index in [1.165, 1.54) is 29.9 Å². The van der Waals surface area contributed by atoms with Crippen LogP contribution in [0.2, 0.25) is 5.02 Å². The Morgan fingerprint density at radius 2 is 1.70 bits per heavy atom. The molecule has 3 aromatic rings. The fraction of sp³-hybridized carbons (Fsp3) is 0.304. The Morgan fingerprint density at radius 1 is 1.09 bits per heavy atom. The third-order valence-corrected chi connectivity index (χ3v) is 7.25. The molecule has 2 aromatic carbocycles. The van der Waals surface area contributed by atoms with Crippen LogP contribution >= 0.6 is 11.6 Å². The molecule has 1 N–H and O–H groups in total. The largest absolute Gasteiger partial charge is 0.347 e. The van der Waals surface area contributed by atoms with E-state index in [4.69, 9.17) is 11.6 Å². The monoisotopic (exact) mass is 490 g/mol. The van der Waals surface area contributed by atoms with Crippen molar-refractivity contribution in [3.63, 3.8) is 0 Å². The third-order valence-electron chi connectivity index (χ3n) is 5.17. The molecular formula is C23H27ClN4O4S. The van der Waals surface area contributed by atoms with Gasteiger partial charge in [0.05, 0.1) is 26.9 Å². The first kappa shape index (κ1) is 24.6. The van der Waals surface area contributed by atoms with Crippen molar-refractivity contribution in [2.75, 3.05) is 11.4 Å². The molecule has 33 heavy (non-hydrogen) atoms. The fourth-order valence-corrected chi connectivity index (χ4v) is 4.92. The number of sulfonamides is 1. The van der Waals surface area contributed by atoms with Crippen LogP contribution in [0.25, 0.3) is 5.69 Å². The number of hydrogen-bond donors (Lipinski definition) is 1. The highest BCUT2D eigenvalue weighted by Crippen LogP contribution is 2.27. The van der Waals surface area contributed by atoms with Gasteiger partial charge >= 0.3 is 0 Å². The Kier molecular flexibility index (Phi) is 6.50. The predicted molar refractivity (Wildman–Crippen MR) is 130 cm³/mol. The van der Waals surface area contributed by atoms with E-state index < -0.39 is 27.0 Å². The second-order valence-corrected chi connectivity index (χ2v) is 11.1. The topological polar surface area (TPSA) is 93.4 Å². The Morgan fingerprint density at radius 3 is 2.27 bits per heavy atom. The van der Waals surface area contributed by atoms with E-state index in [2.05, 4.69) is 5.32 Å². The molecule has 0 aliphatic heterocycles. The van der Waals surface area contributed by atoms with Crippen LogP contribution < -0.4 is 15.2 Å². The molecule has 0 saturated carbocycles. The number of carbonyl (C=O) groups excluding carboxylic acids is 1. The van der Waals surface area contributed by atoms with E-state index in [-0.39, 0.29) is 21.2 Å². The minimum atomic E-state index is -4.17. The molecule has 0 atom stereocenters. The number of nitrogens with zero attached hydrogens (tertiary/aromatic N) is 3. The van der Waals surface area contributed by atoms with Gasteiger partial charge in [-0.2, -0.15) is 0 Å². The summed E-state index contributed by atoms with van der Waals surface area (Å²) in [5.41, 5.74) is 0.110. The first-order valence-electron chi connectivity index (χ1n) is 10.2. The van der Waals surface area contributed by atoms with E-state index >= 15 is 0 Å². The van der Waals surface area contributed by atoms with Crippen molar-refractivity contribution in [2.24, 2.45) is 7.05 Å². The van der Waals surface area contributed by atoms with Crippen molar-refractivity contribution in [1.82, 2.24) is 14.7 Å². The van der Waals surface area contributed by atoms with E-state index in [1.54, 1.807) is 42.9 Å². The van der Waals surface area contributed by atoms with Crippen molar-refractivity contribution >= 4 is 33.2 Å². The summed E-state index contributed by atoms with van der Waals surface area (Å²) in [6.45, 7) is 7.10. The van der Waals surface area contributed by atoms with Crippen molar-refractivity contribution in [3.8, 4) is 5.69 Å². The zero-order valence-corrected chi connectivity index (χ0v) is 21.0. The summed E-state index contributed by atoms with van der Waals surface area (Å²) in [6, 6.07) is 12.8. The van der Waals surface area contributed by atoms with Crippen molar-refractivity contribution in [1.29, 1.82) is 0 Å². The summed E-state index contributed by atoms with van der Waals surface area (Å²) in [5.74, 6) is -0.491. The highest BCUT2D eigenvalue weighted by molar-refractivity contribution is 7.92. The number of hydrogen-bond acceptors (Lipinski definition) is 4. The zero-order valence-electron chi connectivity index (χ0n) is 19.4. The van der Waals surface area contributed by atoms with Gasteiger partial charge in [0, 0.05) is 19.6 Å². The average molecular weight is 491 g/mol.